The third-order valence-corrected chi connectivity index (χ3v) is 7.16. The number of hydrogen-bond donors (Lipinski definition) is 4. The van der Waals surface area contributed by atoms with Crippen molar-refractivity contribution in [1.82, 2.24) is 10.2 Å². The number of nitrogens with zero attached hydrogens (tertiary/aromatic N) is 2. The molecule has 0 aromatic heterocycles. The van der Waals surface area contributed by atoms with E-state index in [2.05, 4.69) is 10.3 Å². The van der Waals surface area contributed by atoms with Gasteiger partial charge in [-0.15, -0.1) is 0 Å². The molecule has 2 aromatic rings. The van der Waals surface area contributed by atoms with Gasteiger partial charge in [0.2, 0.25) is 0 Å². The summed E-state index contributed by atoms with van der Waals surface area (Å²) in [5, 5.41) is 22.2. The van der Waals surface area contributed by atoms with Crippen LogP contribution in [0.2, 0.25) is 5.02 Å². The highest BCUT2D eigenvalue weighted by molar-refractivity contribution is 6.31. The topological polar surface area (TPSA) is 115 Å². The summed E-state index contributed by atoms with van der Waals surface area (Å²) in [5.41, 5.74) is 9.05. The zero-order valence-corrected chi connectivity index (χ0v) is 23.4. The second-order valence-electron chi connectivity index (χ2n) is 10.1. The van der Waals surface area contributed by atoms with E-state index in [1.165, 1.54) is 0 Å². The van der Waals surface area contributed by atoms with Crippen molar-refractivity contribution in [2.75, 3.05) is 13.1 Å². The van der Waals surface area contributed by atoms with Gasteiger partial charge < -0.3 is 16.2 Å². The summed E-state index contributed by atoms with van der Waals surface area (Å²) in [4.78, 5) is 18.5. The number of benzene rings is 2. The number of urea groups is 1. The summed E-state index contributed by atoms with van der Waals surface area (Å²) in [6.07, 6.45) is -3.92. The molecule has 1 saturated carbocycles. The largest absolute Gasteiger partial charge is 0.400 e. The second kappa shape index (κ2) is 13.3. The monoisotopic (exact) mass is 577 g/mol. The summed E-state index contributed by atoms with van der Waals surface area (Å²) >= 11 is 6.25. The lowest BCUT2D eigenvalue weighted by Crippen LogP contribution is -2.46. The van der Waals surface area contributed by atoms with E-state index in [0.29, 0.717) is 34.7 Å². The number of amides is 2. The molecule has 0 spiro atoms. The Balaban J connectivity index is 1.79. The molecule has 0 aliphatic heterocycles. The van der Waals surface area contributed by atoms with Crippen molar-refractivity contribution < 1.29 is 23.1 Å². The van der Waals surface area contributed by atoms with Crippen molar-refractivity contribution in [3.63, 3.8) is 0 Å². The van der Waals surface area contributed by atoms with Crippen LogP contribution in [0.1, 0.15) is 56.2 Å². The molecule has 0 radical (unpaired) electrons. The summed E-state index contributed by atoms with van der Waals surface area (Å²) in [6.45, 7) is 3.07. The maximum Gasteiger partial charge on any atom is 0.390 e. The van der Waals surface area contributed by atoms with E-state index in [-0.39, 0.29) is 31.0 Å². The maximum atomic E-state index is 13.1. The van der Waals surface area contributed by atoms with Crippen LogP contribution in [0, 0.1) is 5.41 Å². The molecule has 7 nitrogen and oxygen atoms in total. The first-order chi connectivity index (χ1) is 18.8. The summed E-state index contributed by atoms with van der Waals surface area (Å²) in [5.74, 6) is -0.341. The number of hydrogen-bond acceptors (Lipinski definition) is 5. The molecular weight excluding hydrogens is 543 g/mol. The number of rotatable bonds is 8. The Morgan fingerprint density at radius 3 is 2.52 bits per heavy atom. The number of amidine groups is 1. The van der Waals surface area contributed by atoms with E-state index in [0.717, 1.165) is 22.4 Å². The highest BCUT2D eigenvalue weighted by atomic mass is 35.5. The number of allylic oxidation sites excluding steroid dienone is 1. The van der Waals surface area contributed by atoms with Crippen molar-refractivity contribution in [3.8, 4) is 0 Å². The molecule has 40 heavy (non-hydrogen) atoms. The number of carbonyl (C=O) groups is 1. The number of halogens is 4. The minimum atomic E-state index is -4.50. The first kappa shape index (κ1) is 31.2. The third kappa shape index (κ3) is 8.82. The van der Waals surface area contributed by atoms with Crippen molar-refractivity contribution in [2.45, 2.75) is 64.3 Å². The molecule has 11 heteroatoms. The fraction of sp³-hybridized carbons (Fsp3) is 0.414. The summed E-state index contributed by atoms with van der Waals surface area (Å²) in [6, 6.07) is 13.2. The fourth-order valence-corrected chi connectivity index (χ4v) is 4.57. The van der Waals surface area contributed by atoms with Gasteiger partial charge in [0.25, 0.3) is 0 Å². The van der Waals surface area contributed by atoms with Gasteiger partial charge in [-0.1, -0.05) is 61.0 Å². The van der Waals surface area contributed by atoms with Crippen LogP contribution in [0.5, 0.6) is 0 Å². The van der Waals surface area contributed by atoms with Gasteiger partial charge in [0, 0.05) is 35.0 Å². The van der Waals surface area contributed by atoms with E-state index >= 15 is 0 Å². The lowest BCUT2D eigenvalue weighted by molar-refractivity contribution is -0.135. The molecule has 0 bridgehead atoms. The van der Waals surface area contributed by atoms with Crippen LogP contribution in [0.25, 0.3) is 0 Å². The number of nitrogens with one attached hydrogen (secondary N) is 2. The molecule has 1 unspecified atom stereocenters. The third-order valence-electron chi connectivity index (χ3n) is 6.80. The normalized spacial score (nSPS) is 19.8. The van der Waals surface area contributed by atoms with Crippen LogP contribution in [0.3, 0.4) is 0 Å². The van der Waals surface area contributed by atoms with Crippen LogP contribution in [0.4, 0.5) is 18.0 Å². The molecule has 2 aromatic carbocycles. The molecule has 216 valence electrons. The predicted molar refractivity (Wildman–Crippen MR) is 152 cm³/mol. The molecule has 1 fully saturated rings. The zero-order valence-electron chi connectivity index (χ0n) is 22.6. The molecule has 5 N–H and O–H groups in total. The zero-order chi connectivity index (χ0) is 29.5. The number of alkyl halides is 3. The molecule has 0 saturated heterocycles. The highest BCUT2D eigenvalue weighted by Gasteiger charge is 2.33. The quantitative estimate of drug-likeness (QED) is 0.228. The minimum Gasteiger partial charge on any atom is -0.400 e. The lowest BCUT2D eigenvalue weighted by Gasteiger charge is -2.32. The van der Waals surface area contributed by atoms with Gasteiger partial charge in [-0.25, -0.2) is 4.79 Å². The van der Waals surface area contributed by atoms with Gasteiger partial charge in [-0.3, -0.25) is 15.3 Å². The fourth-order valence-electron chi connectivity index (χ4n) is 4.38. The van der Waals surface area contributed by atoms with Gasteiger partial charge in [-0.05, 0) is 49.0 Å². The number of nitrogens with two attached hydrogens (primary N) is 1. The number of aliphatic imine (C=N–C) groups is 1. The Labute approximate surface area is 237 Å². The van der Waals surface area contributed by atoms with Gasteiger partial charge in [0.05, 0.1) is 25.1 Å². The smallest absolute Gasteiger partial charge is 0.390 e. The van der Waals surface area contributed by atoms with Crippen molar-refractivity contribution in [3.05, 3.63) is 81.5 Å². The maximum absolute atomic E-state index is 13.1. The van der Waals surface area contributed by atoms with E-state index in [9.17, 15) is 23.1 Å². The standard InChI is InChI=1S/C29H35ClF3N5O2/c1-3-19-8-10-20(11-9-19)26(35)38(15-14-29(31,32)33)27(39)37-18-24(34)22-12-13-28(2,40)16-25(22)36-17-21-6-4-5-7-23(21)30/h4-11,35,40H,3,12-18,34H2,1-2H3,(H,37,39)/b24-22-,35-26?,36-25?. The second-order valence-corrected chi connectivity index (χ2v) is 10.5. The van der Waals surface area contributed by atoms with E-state index in [4.69, 9.17) is 22.7 Å². The minimum absolute atomic E-state index is 0.161. The van der Waals surface area contributed by atoms with Crippen LogP contribution < -0.4 is 11.1 Å². The van der Waals surface area contributed by atoms with Crippen LogP contribution in [-0.2, 0) is 13.0 Å². The van der Waals surface area contributed by atoms with E-state index in [1.54, 1.807) is 37.3 Å². The first-order valence-electron chi connectivity index (χ1n) is 13.1. The van der Waals surface area contributed by atoms with Gasteiger partial charge in [-0.2, -0.15) is 13.2 Å². The highest BCUT2D eigenvalue weighted by Crippen LogP contribution is 2.31. The predicted octanol–water partition coefficient (Wildman–Crippen LogP) is 5.98. The van der Waals surface area contributed by atoms with Gasteiger partial charge >= 0.3 is 12.2 Å². The van der Waals surface area contributed by atoms with Crippen molar-refractivity contribution in [2.24, 2.45) is 10.7 Å². The SMILES string of the molecule is CCc1ccc(C(=N)N(CCC(F)(F)F)C(=O)NC/C(N)=C2\CCC(C)(O)CC2=NCc2ccccc2Cl)cc1. The average molecular weight is 578 g/mol. The van der Waals surface area contributed by atoms with Crippen LogP contribution >= 0.6 is 11.6 Å². The first-order valence-corrected chi connectivity index (χ1v) is 13.4. The Hall–Kier alpha value is -3.37. The lowest BCUT2D eigenvalue weighted by atomic mass is 9.81. The molecule has 2 amide bonds. The van der Waals surface area contributed by atoms with E-state index < -0.39 is 30.8 Å². The van der Waals surface area contributed by atoms with Crippen molar-refractivity contribution >= 4 is 29.2 Å². The van der Waals surface area contributed by atoms with E-state index in [1.807, 2.05) is 25.1 Å². The van der Waals surface area contributed by atoms with Gasteiger partial charge in [0.15, 0.2) is 0 Å². The number of aryl methyl sites for hydroxylation is 1. The molecule has 1 atom stereocenters. The molecule has 1 aliphatic carbocycles. The Morgan fingerprint density at radius 2 is 1.90 bits per heavy atom. The molecule has 3 rings (SSSR count). The van der Waals surface area contributed by atoms with Gasteiger partial charge in [0.1, 0.15) is 5.84 Å². The number of aliphatic hydroxyl groups is 1. The average Bonchev–Trinajstić information content (AvgIpc) is 2.90. The van der Waals surface area contributed by atoms with Crippen LogP contribution in [-0.4, -0.2) is 52.5 Å². The Morgan fingerprint density at radius 1 is 1.23 bits per heavy atom. The molecule has 0 heterocycles. The molecular formula is C29H35ClF3N5O2. The Kier molecular flexibility index (Phi) is 10.4. The van der Waals surface area contributed by atoms with Crippen molar-refractivity contribution in [1.29, 1.82) is 5.41 Å². The summed E-state index contributed by atoms with van der Waals surface area (Å²) < 4.78 is 39.1. The number of carbonyl (C=O) groups excluding carboxylic acids is 1. The summed E-state index contributed by atoms with van der Waals surface area (Å²) in [7, 11) is 0. The Bertz CT molecular complexity index is 1270. The molecule has 1 aliphatic rings. The van der Waals surface area contributed by atoms with Crippen LogP contribution in [0.15, 0.2) is 64.8 Å².